The zero-order valence-electron chi connectivity index (χ0n) is 16.4. The molecule has 0 spiro atoms. The molecular formula is C21H21ClN3O5+. The molecule has 0 fully saturated rings. The number of aromatic hydroxyl groups is 1. The summed E-state index contributed by atoms with van der Waals surface area (Å²) in [4.78, 5) is 27.6. The first kappa shape index (κ1) is 20.1. The Morgan fingerprint density at radius 2 is 1.80 bits per heavy atom. The summed E-state index contributed by atoms with van der Waals surface area (Å²) in [7, 11) is 3.10. The molecule has 8 nitrogen and oxygen atoms in total. The van der Waals surface area contributed by atoms with Gasteiger partial charge >= 0.3 is 5.69 Å². The summed E-state index contributed by atoms with van der Waals surface area (Å²) in [5.41, 5.74) is 0.933. The van der Waals surface area contributed by atoms with Crippen LogP contribution in [0.4, 0.5) is 0 Å². The lowest BCUT2D eigenvalue weighted by atomic mass is 9.90. The number of H-pyrrole nitrogens is 1. The molecule has 0 amide bonds. The second-order valence-electron chi connectivity index (χ2n) is 6.97. The number of hydrogen-bond donors (Lipinski definition) is 3. The number of hydrogen-bond acceptors (Lipinski definition) is 5. The molecule has 1 aliphatic rings. The highest BCUT2D eigenvalue weighted by Gasteiger charge is 2.33. The number of rotatable bonds is 4. The Labute approximate surface area is 176 Å². The summed E-state index contributed by atoms with van der Waals surface area (Å²) in [5, 5.41) is 13.5. The molecule has 4 N–H and O–H groups in total. The molecule has 9 heteroatoms. The van der Waals surface area contributed by atoms with Crippen LogP contribution in [-0.2, 0) is 6.42 Å². The molecule has 0 unspecified atom stereocenters. The van der Waals surface area contributed by atoms with E-state index in [0.717, 1.165) is 22.1 Å². The van der Waals surface area contributed by atoms with Crippen LogP contribution in [0, 0.1) is 0 Å². The van der Waals surface area contributed by atoms with E-state index in [0.29, 0.717) is 28.8 Å². The molecule has 2 heterocycles. The summed E-state index contributed by atoms with van der Waals surface area (Å²) in [6.07, 6.45) is 0.766. The van der Waals surface area contributed by atoms with Gasteiger partial charge in [0.05, 0.1) is 26.5 Å². The van der Waals surface area contributed by atoms with Gasteiger partial charge in [-0.3, -0.25) is 9.78 Å². The highest BCUT2D eigenvalue weighted by Crippen LogP contribution is 2.36. The second kappa shape index (κ2) is 7.89. The lowest BCUT2D eigenvalue weighted by molar-refractivity contribution is -0.690. The molecule has 30 heavy (non-hydrogen) atoms. The second-order valence-corrected chi connectivity index (χ2v) is 7.40. The molecule has 3 aromatic rings. The summed E-state index contributed by atoms with van der Waals surface area (Å²) in [6.45, 7) is 0.700. The molecule has 2 aromatic carbocycles. The Bertz CT molecular complexity index is 1220. The van der Waals surface area contributed by atoms with Crippen molar-refractivity contribution in [1.82, 2.24) is 9.55 Å². The molecule has 0 aliphatic carbocycles. The maximum atomic E-state index is 12.8. The van der Waals surface area contributed by atoms with Gasteiger partial charge in [0.15, 0.2) is 11.5 Å². The molecule has 156 valence electrons. The zero-order valence-corrected chi connectivity index (χ0v) is 17.2. The zero-order chi connectivity index (χ0) is 21.4. The van der Waals surface area contributed by atoms with Crippen molar-refractivity contribution in [2.45, 2.75) is 12.5 Å². The largest absolute Gasteiger partial charge is 0.494 e. The molecular weight excluding hydrogens is 410 g/mol. The summed E-state index contributed by atoms with van der Waals surface area (Å²) >= 11 is 5.93. The number of ether oxygens (including phenoxy) is 2. The summed E-state index contributed by atoms with van der Waals surface area (Å²) in [6, 6.07) is 9.58. The Hall–Kier alpha value is -3.23. The van der Waals surface area contributed by atoms with Crippen LogP contribution < -0.4 is 26.0 Å². The van der Waals surface area contributed by atoms with Crippen LogP contribution in [0.3, 0.4) is 0 Å². The monoisotopic (exact) mass is 430 g/mol. The molecule has 1 aromatic heterocycles. The number of benzene rings is 2. The lowest BCUT2D eigenvalue weighted by Gasteiger charge is -2.26. The van der Waals surface area contributed by atoms with Crippen LogP contribution in [0.25, 0.3) is 5.69 Å². The van der Waals surface area contributed by atoms with E-state index in [-0.39, 0.29) is 5.56 Å². The number of halogens is 1. The number of fused-ring (bicyclic) bond motifs is 1. The fourth-order valence-corrected chi connectivity index (χ4v) is 4.02. The van der Waals surface area contributed by atoms with E-state index in [1.165, 1.54) is 7.11 Å². The SMILES string of the molecule is COc1cc2c(cc1OC)[C@H](c1c(O)n(-c3ccc(Cl)cc3)c(=O)[nH]c1=O)[NH2+]CC2. The number of nitrogens with one attached hydrogen (secondary N) is 1. The normalized spacial score (nSPS) is 15.5. The van der Waals surface area contributed by atoms with Gasteiger partial charge in [-0.2, -0.15) is 0 Å². The van der Waals surface area contributed by atoms with E-state index < -0.39 is 23.2 Å². The Balaban J connectivity index is 1.93. The number of nitrogens with two attached hydrogens (primary N) is 1. The third-order valence-corrected chi connectivity index (χ3v) is 5.57. The number of aromatic nitrogens is 2. The van der Waals surface area contributed by atoms with Crippen LogP contribution >= 0.6 is 11.6 Å². The quantitative estimate of drug-likeness (QED) is 0.574. The van der Waals surface area contributed by atoms with Crippen molar-refractivity contribution < 1.29 is 19.9 Å². The maximum Gasteiger partial charge on any atom is 0.335 e. The molecule has 4 rings (SSSR count). The molecule has 0 saturated heterocycles. The highest BCUT2D eigenvalue weighted by molar-refractivity contribution is 6.30. The average molecular weight is 431 g/mol. The van der Waals surface area contributed by atoms with Crippen LogP contribution in [-0.4, -0.2) is 35.4 Å². The predicted molar refractivity (Wildman–Crippen MR) is 111 cm³/mol. The van der Waals surface area contributed by atoms with Gasteiger partial charge in [0.25, 0.3) is 5.56 Å². The minimum absolute atomic E-state index is 0.0951. The predicted octanol–water partition coefficient (Wildman–Crippen LogP) is 1.11. The van der Waals surface area contributed by atoms with Gasteiger partial charge in [-0.05, 0) is 42.0 Å². The van der Waals surface area contributed by atoms with Crippen molar-refractivity contribution in [2.24, 2.45) is 0 Å². The molecule has 1 aliphatic heterocycles. The van der Waals surface area contributed by atoms with Gasteiger partial charge in [0.2, 0.25) is 5.88 Å². The van der Waals surface area contributed by atoms with Gasteiger partial charge in [0, 0.05) is 17.0 Å². The van der Waals surface area contributed by atoms with Crippen molar-refractivity contribution in [3.63, 3.8) is 0 Å². The van der Waals surface area contributed by atoms with E-state index in [1.54, 1.807) is 31.4 Å². The summed E-state index contributed by atoms with van der Waals surface area (Å²) < 4.78 is 11.9. The van der Waals surface area contributed by atoms with Gasteiger partial charge in [0.1, 0.15) is 11.6 Å². The van der Waals surface area contributed by atoms with Crippen molar-refractivity contribution >= 4 is 11.6 Å². The molecule has 0 radical (unpaired) electrons. The van der Waals surface area contributed by atoms with Crippen molar-refractivity contribution in [3.05, 3.63) is 78.9 Å². The fraction of sp³-hybridized carbons (Fsp3) is 0.238. The number of quaternary nitrogens is 1. The van der Waals surface area contributed by atoms with Crippen LogP contribution in [0.5, 0.6) is 17.4 Å². The third-order valence-electron chi connectivity index (χ3n) is 5.31. The first-order valence-corrected chi connectivity index (χ1v) is 9.74. The van der Waals surface area contributed by atoms with Crippen LogP contribution in [0.1, 0.15) is 22.7 Å². The smallest absolute Gasteiger partial charge is 0.335 e. The van der Waals surface area contributed by atoms with Crippen molar-refractivity contribution in [3.8, 4) is 23.1 Å². The van der Waals surface area contributed by atoms with E-state index in [4.69, 9.17) is 21.1 Å². The minimum Gasteiger partial charge on any atom is -0.494 e. The Morgan fingerprint density at radius 1 is 1.13 bits per heavy atom. The number of aromatic amines is 1. The Kier molecular flexibility index (Phi) is 5.27. The van der Waals surface area contributed by atoms with Gasteiger partial charge in [-0.25, -0.2) is 9.36 Å². The summed E-state index contributed by atoms with van der Waals surface area (Å²) in [5.74, 6) is 0.717. The van der Waals surface area contributed by atoms with Crippen molar-refractivity contribution in [1.29, 1.82) is 0 Å². The van der Waals surface area contributed by atoms with E-state index in [2.05, 4.69) is 4.98 Å². The molecule has 0 bridgehead atoms. The third kappa shape index (κ3) is 3.34. The number of methoxy groups -OCH3 is 2. The lowest BCUT2D eigenvalue weighted by Crippen LogP contribution is -2.87. The van der Waals surface area contributed by atoms with Gasteiger partial charge in [-0.1, -0.05) is 11.6 Å². The standard InChI is InChI=1S/C21H20ClN3O5/c1-29-15-9-11-7-8-23-18(14(11)10-16(15)30-2)17-19(26)24-21(28)25(20(17)27)13-5-3-12(22)4-6-13/h3-6,9-10,18,23,27H,7-8H2,1-2H3,(H,24,26,28)/p+1/t18-/m1/s1. The Morgan fingerprint density at radius 3 is 2.47 bits per heavy atom. The van der Waals surface area contributed by atoms with Crippen molar-refractivity contribution in [2.75, 3.05) is 20.8 Å². The first-order valence-electron chi connectivity index (χ1n) is 9.36. The fourth-order valence-electron chi connectivity index (χ4n) is 3.90. The van der Waals surface area contributed by atoms with E-state index in [1.807, 2.05) is 17.4 Å². The highest BCUT2D eigenvalue weighted by atomic mass is 35.5. The minimum atomic E-state index is -0.730. The first-order chi connectivity index (χ1) is 14.4. The van der Waals surface area contributed by atoms with Crippen LogP contribution in [0.15, 0.2) is 46.0 Å². The molecule has 1 atom stereocenters. The number of nitrogens with zero attached hydrogens (tertiary/aromatic N) is 1. The van der Waals surface area contributed by atoms with E-state index >= 15 is 0 Å². The van der Waals surface area contributed by atoms with Crippen LogP contribution in [0.2, 0.25) is 5.02 Å². The topological polar surface area (TPSA) is 110 Å². The maximum absolute atomic E-state index is 12.8. The van der Waals surface area contributed by atoms with E-state index in [9.17, 15) is 14.7 Å². The molecule has 0 saturated carbocycles. The van der Waals surface area contributed by atoms with Gasteiger partial charge < -0.3 is 19.9 Å². The average Bonchev–Trinajstić information content (AvgIpc) is 2.73. The van der Waals surface area contributed by atoms with Gasteiger partial charge in [-0.15, -0.1) is 0 Å².